The molecule has 0 saturated heterocycles. The average molecular weight is 445 g/mol. The number of carbonyl (C=O) groups excluding carboxylic acids is 3. The molecular weight excluding hydrogens is 422 g/mol. The Balaban J connectivity index is 1.58. The van der Waals surface area contributed by atoms with Gasteiger partial charge >= 0.3 is 6.03 Å². The van der Waals surface area contributed by atoms with Crippen LogP contribution in [0.5, 0.6) is 5.75 Å². The van der Waals surface area contributed by atoms with Gasteiger partial charge in [-0.05, 0) is 42.3 Å². The van der Waals surface area contributed by atoms with Crippen molar-refractivity contribution < 1.29 is 19.1 Å². The van der Waals surface area contributed by atoms with Crippen molar-refractivity contribution in [1.82, 2.24) is 25.3 Å². The van der Waals surface area contributed by atoms with Crippen molar-refractivity contribution in [2.45, 2.75) is 19.5 Å². The lowest BCUT2D eigenvalue weighted by molar-refractivity contribution is -0.108. The van der Waals surface area contributed by atoms with Crippen LogP contribution in [0.15, 0.2) is 36.5 Å². The number of imide groups is 1. The minimum Gasteiger partial charge on any atom is -0.497 e. The molecule has 33 heavy (non-hydrogen) atoms. The maximum Gasteiger partial charge on any atom is 0.322 e. The van der Waals surface area contributed by atoms with Gasteiger partial charge in [0.25, 0.3) is 5.91 Å². The molecule has 0 radical (unpaired) electrons. The van der Waals surface area contributed by atoms with Gasteiger partial charge in [0.05, 0.1) is 19.2 Å². The topological polar surface area (TPSA) is 106 Å². The van der Waals surface area contributed by atoms with Gasteiger partial charge in [0.15, 0.2) is 0 Å². The Morgan fingerprint density at radius 3 is 2.91 bits per heavy atom. The fraction of sp³-hybridized carbons (Fsp3) is 0.250. The number of benzene rings is 2. The van der Waals surface area contributed by atoms with Crippen LogP contribution in [-0.4, -0.2) is 52.7 Å². The van der Waals surface area contributed by atoms with Gasteiger partial charge < -0.3 is 15.0 Å². The molecule has 0 unspecified atom stereocenters. The number of ether oxygens (including phenoxy) is 1. The van der Waals surface area contributed by atoms with Crippen molar-refractivity contribution in [3.05, 3.63) is 58.8 Å². The highest BCUT2D eigenvalue weighted by Gasteiger charge is 2.29. The van der Waals surface area contributed by atoms with Crippen molar-refractivity contribution in [1.29, 1.82) is 0 Å². The fourth-order valence-electron chi connectivity index (χ4n) is 3.89. The zero-order valence-electron chi connectivity index (χ0n) is 18.5. The van der Waals surface area contributed by atoms with E-state index >= 15 is 0 Å². The first-order valence-corrected chi connectivity index (χ1v) is 10.3. The van der Waals surface area contributed by atoms with E-state index in [2.05, 4.69) is 22.3 Å². The number of carbonyl (C=O) groups is 3. The number of fused-ring (bicyclic) bond motifs is 2. The molecule has 0 bridgehead atoms. The van der Waals surface area contributed by atoms with Gasteiger partial charge in [-0.1, -0.05) is 17.9 Å². The number of hydrogen-bond acceptors (Lipinski definition) is 5. The van der Waals surface area contributed by atoms with Crippen LogP contribution in [0.2, 0.25) is 0 Å². The van der Waals surface area contributed by atoms with E-state index in [1.165, 1.54) is 0 Å². The van der Waals surface area contributed by atoms with Gasteiger partial charge in [-0.3, -0.25) is 19.6 Å². The van der Waals surface area contributed by atoms with Crippen molar-refractivity contribution in [3.8, 4) is 17.6 Å². The normalized spacial score (nSPS) is 13.2. The number of amides is 4. The number of hydrogen-bond donors (Lipinski definition) is 2. The first kappa shape index (κ1) is 21.9. The molecule has 4 rings (SSSR count). The Morgan fingerprint density at radius 1 is 1.33 bits per heavy atom. The Kier molecular flexibility index (Phi) is 6.00. The highest BCUT2D eigenvalue weighted by atomic mass is 16.5. The minimum absolute atomic E-state index is 0.156. The lowest BCUT2D eigenvalue weighted by atomic mass is 10.1. The minimum atomic E-state index is -0.699. The Morgan fingerprint density at radius 2 is 2.15 bits per heavy atom. The second kappa shape index (κ2) is 9.04. The first-order chi connectivity index (χ1) is 15.9. The van der Waals surface area contributed by atoms with E-state index in [1.807, 2.05) is 43.7 Å². The molecule has 2 aromatic carbocycles. The molecule has 1 aliphatic heterocycles. The van der Waals surface area contributed by atoms with Crippen molar-refractivity contribution >= 4 is 29.3 Å². The van der Waals surface area contributed by atoms with Crippen LogP contribution in [0.3, 0.4) is 0 Å². The molecule has 1 atom stereocenters. The molecule has 1 aliphatic rings. The summed E-state index contributed by atoms with van der Waals surface area (Å²) in [5.41, 5.74) is 4.09. The van der Waals surface area contributed by atoms with Crippen LogP contribution < -0.4 is 15.4 Å². The Labute approximate surface area is 190 Å². The molecule has 0 saturated carbocycles. The lowest BCUT2D eigenvalue weighted by Crippen LogP contribution is -2.46. The SMILES string of the molecule is COc1ccc2c(c1)C(=O)N(C[C@@H](C#Cc1cc(C)c3nn(C)cc3c1)NC(=O)NC=O)C2. The molecule has 168 valence electrons. The summed E-state index contributed by atoms with van der Waals surface area (Å²) in [7, 11) is 3.40. The summed E-state index contributed by atoms with van der Waals surface area (Å²) in [5, 5.41) is 10.1. The smallest absolute Gasteiger partial charge is 0.322 e. The predicted molar refractivity (Wildman–Crippen MR) is 122 cm³/mol. The van der Waals surface area contributed by atoms with Gasteiger partial charge in [-0.25, -0.2) is 4.79 Å². The van der Waals surface area contributed by atoms with Crippen LogP contribution >= 0.6 is 0 Å². The quantitative estimate of drug-likeness (QED) is 0.460. The van der Waals surface area contributed by atoms with Crippen LogP contribution in [0.1, 0.15) is 27.0 Å². The molecule has 4 amide bonds. The molecule has 9 heteroatoms. The van der Waals surface area contributed by atoms with Gasteiger partial charge in [0.1, 0.15) is 11.8 Å². The average Bonchev–Trinajstić information content (AvgIpc) is 3.31. The Hall–Kier alpha value is -4.32. The maximum atomic E-state index is 12.9. The van der Waals surface area contributed by atoms with Crippen LogP contribution in [0.4, 0.5) is 4.79 Å². The molecule has 9 nitrogen and oxygen atoms in total. The highest BCUT2D eigenvalue weighted by Crippen LogP contribution is 2.26. The van der Waals surface area contributed by atoms with E-state index in [-0.39, 0.29) is 12.5 Å². The monoisotopic (exact) mass is 445 g/mol. The van der Waals surface area contributed by atoms with E-state index in [4.69, 9.17) is 4.74 Å². The van der Waals surface area contributed by atoms with E-state index in [0.717, 1.165) is 27.6 Å². The molecule has 2 N–H and O–H groups in total. The zero-order valence-corrected chi connectivity index (χ0v) is 18.5. The van der Waals surface area contributed by atoms with E-state index < -0.39 is 12.1 Å². The largest absolute Gasteiger partial charge is 0.497 e. The van der Waals surface area contributed by atoms with Gasteiger partial charge in [0, 0.05) is 36.3 Å². The highest BCUT2D eigenvalue weighted by molar-refractivity contribution is 5.98. The van der Waals surface area contributed by atoms with Gasteiger partial charge in [0.2, 0.25) is 6.41 Å². The second-order valence-electron chi connectivity index (χ2n) is 7.80. The molecule has 3 aromatic rings. The number of aryl methyl sites for hydroxylation is 2. The fourth-order valence-corrected chi connectivity index (χ4v) is 3.89. The third-order valence-corrected chi connectivity index (χ3v) is 5.40. The summed E-state index contributed by atoms with van der Waals surface area (Å²) < 4.78 is 6.96. The summed E-state index contributed by atoms with van der Waals surface area (Å²) in [6.07, 6.45) is 2.21. The number of nitrogens with zero attached hydrogens (tertiary/aromatic N) is 3. The van der Waals surface area contributed by atoms with E-state index in [9.17, 15) is 14.4 Å². The van der Waals surface area contributed by atoms with Crippen LogP contribution in [0, 0.1) is 18.8 Å². The van der Waals surface area contributed by atoms with Crippen LogP contribution in [0.25, 0.3) is 10.9 Å². The molecule has 0 fully saturated rings. The molecule has 1 aromatic heterocycles. The first-order valence-electron chi connectivity index (χ1n) is 10.3. The number of methoxy groups -OCH3 is 1. The standard InChI is InChI=1S/C24H23N5O4/c1-15-8-16(9-18-11-28(2)27-22(15)18)4-6-19(26-24(32)25-14-30)13-29-12-17-5-7-20(33-3)10-21(17)23(29)31/h5,7-11,14,19H,12-13H2,1-3H3,(H2,25,26,30,32)/t19-/m1/s1. The van der Waals surface area contributed by atoms with Crippen LogP contribution in [-0.2, 0) is 18.4 Å². The zero-order chi connectivity index (χ0) is 23.5. The molecule has 0 aliphatic carbocycles. The predicted octanol–water partition coefficient (Wildman–Crippen LogP) is 1.72. The number of urea groups is 1. The summed E-state index contributed by atoms with van der Waals surface area (Å²) in [6.45, 7) is 2.51. The lowest BCUT2D eigenvalue weighted by Gasteiger charge is -2.21. The van der Waals surface area contributed by atoms with E-state index in [0.29, 0.717) is 24.3 Å². The van der Waals surface area contributed by atoms with Crippen molar-refractivity contribution in [2.75, 3.05) is 13.7 Å². The summed E-state index contributed by atoms with van der Waals surface area (Å²) in [5.74, 6) is 6.56. The summed E-state index contributed by atoms with van der Waals surface area (Å²) >= 11 is 0. The summed E-state index contributed by atoms with van der Waals surface area (Å²) in [6, 6.07) is 7.83. The van der Waals surface area contributed by atoms with Gasteiger partial charge in [-0.15, -0.1) is 0 Å². The van der Waals surface area contributed by atoms with E-state index in [1.54, 1.807) is 28.8 Å². The number of nitrogens with one attached hydrogen (secondary N) is 2. The number of aromatic nitrogens is 2. The van der Waals surface area contributed by atoms with Gasteiger partial charge in [-0.2, -0.15) is 5.10 Å². The molecular formula is C24H23N5O4. The van der Waals surface area contributed by atoms with Crippen molar-refractivity contribution in [3.63, 3.8) is 0 Å². The maximum absolute atomic E-state index is 12.9. The summed E-state index contributed by atoms with van der Waals surface area (Å²) in [4.78, 5) is 37.2. The third kappa shape index (κ3) is 4.65. The number of rotatable bonds is 5. The third-order valence-electron chi connectivity index (χ3n) is 5.40. The van der Waals surface area contributed by atoms with Crippen molar-refractivity contribution in [2.24, 2.45) is 7.05 Å². The second-order valence-corrected chi connectivity index (χ2v) is 7.80. The molecule has 2 heterocycles. The molecule has 0 spiro atoms. The Bertz CT molecular complexity index is 1320.